The summed E-state index contributed by atoms with van der Waals surface area (Å²) in [5, 5.41) is 15.5. The summed E-state index contributed by atoms with van der Waals surface area (Å²) in [5.74, 6) is 0.310. The summed E-state index contributed by atoms with van der Waals surface area (Å²) in [7, 11) is 1.72. The van der Waals surface area contributed by atoms with Gasteiger partial charge in [0, 0.05) is 13.6 Å². The van der Waals surface area contributed by atoms with Gasteiger partial charge in [0.2, 0.25) is 5.91 Å². The van der Waals surface area contributed by atoms with Crippen molar-refractivity contribution in [2.45, 2.75) is 26.5 Å². The number of H-pyrrole nitrogens is 1. The van der Waals surface area contributed by atoms with E-state index in [0.29, 0.717) is 17.1 Å². The monoisotopic (exact) mass is 244 g/mol. The summed E-state index contributed by atoms with van der Waals surface area (Å²) in [6, 6.07) is -0.460. The van der Waals surface area contributed by atoms with Gasteiger partial charge in [-0.25, -0.2) is 0 Å². The number of hydrogen-bond donors (Lipinski definition) is 2. The molecule has 2 N–H and O–H groups in total. The van der Waals surface area contributed by atoms with Crippen LogP contribution in [0.2, 0.25) is 0 Å². The van der Waals surface area contributed by atoms with Crippen LogP contribution in [-0.2, 0) is 11.4 Å². The number of aliphatic hydroxyl groups excluding tert-OH is 1. The summed E-state index contributed by atoms with van der Waals surface area (Å²) in [5.41, 5.74) is 0. The van der Waals surface area contributed by atoms with Gasteiger partial charge in [-0.3, -0.25) is 14.5 Å². The number of aliphatic hydroxyl groups is 1. The van der Waals surface area contributed by atoms with Crippen molar-refractivity contribution in [1.82, 2.24) is 19.7 Å². The zero-order valence-corrected chi connectivity index (χ0v) is 10.4. The number of rotatable bonds is 4. The molecule has 90 valence electrons. The van der Waals surface area contributed by atoms with Gasteiger partial charge >= 0.3 is 0 Å². The Hall–Kier alpha value is -1.21. The number of carbonyl (C=O) groups excluding carboxylic acids is 1. The Balaban J connectivity index is 3.04. The molecule has 16 heavy (non-hydrogen) atoms. The molecule has 6 nitrogen and oxygen atoms in total. The Morgan fingerprint density at radius 3 is 2.88 bits per heavy atom. The van der Waals surface area contributed by atoms with Crippen molar-refractivity contribution in [2.75, 3.05) is 13.6 Å². The van der Waals surface area contributed by atoms with Crippen molar-refractivity contribution in [3.63, 3.8) is 0 Å². The first-order valence-electron chi connectivity index (χ1n) is 5.04. The van der Waals surface area contributed by atoms with Crippen LogP contribution in [0.3, 0.4) is 0 Å². The Bertz CT molecular complexity index is 425. The van der Waals surface area contributed by atoms with Gasteiger partial charge in [-0.15, -0.1) is 0 Å². The van der Waals surface area contributed by atoms with E-state index in [4.69, 9.17) is 17.3 Å². The average Bonchev–Trinajstić information content (AvgIpc) is 2.67. The minimum Gasteiger partial charge on any atom is -0.388 e. The van der Waals surface area contributed by atoms with Crippen LogP contribution < -0.4 is 0 Å². The highest BCUT2D eigenvalue weighted by atomic mass is 32.1. The average molecular weight is 244 g/mol. The molecule has 0 radical (unpaired) electrons. The van der Waals surface area contributed by atoms with Gasteiger partial charge in [-0.2, -0.15) is 5.10 Å². The second-order valence-corrected chi connectivity index (χ2v) is 3.89. The number of amides is 1. The maximum absolute atomic E-state index is 11.9. The Morgan fingerprint density at radius 2 is 2.38 bits per heavy atom. The van der Waals surface area contributed by atoms with Crippen molar-refractivity contribution in [3.8, 4) is 0 Å². The molecule has 0 spiro atoms. The minimum absolute atomic E-state index is 0.0605. The van der Waals surface area contributed by atoms with Crippen molar-refractivity contribution in [3.05, 3.63) is 10.6 Å². The van der Waals surface area contributed by atoms with E-state index in [2.05, 4.69) is 10.2 Å². The van der Waals surface area contributed by atoms with Crippen LogP contribution >= 0.6 is 12.2 Å². The van der Waals surface area contributed by atoms with Crippen molar-refractivity contribution in [2.24, 2.45) is 0 Å². The van der Waals surface area contributed by atoms with Gasteiger partial charge in [-0.1, -0.05) is 0 Å². The molecule has 0 saturated carbocycles. The fraction of sp³-hybridized carbons (Fsp3) is 0.667. The maximum Gasteiger partial charge on any atom is 0.245 e. The minimum atomic E-state index is -0.460. The zero-order chi connectivity index (χ0) is 12.3. The molecule has 0 aliphatic carbocycles. The lowest BCUT2D eigenvalue weighted by molar-refractivity contribution is -0.132. The standard InChI is InChI=1S/C9H16N4O2S/c1-4-12(3)8(15)6(2)13-7(5-14)10-11-9(13)16/h6,14H,4-5H2,1-3H3,(H,11,16). The van der Waals surface area contributed by atoms with E-state index in [1.807, 2.05) is 6.92 Å². The van der Waals surface area contributed by atoms with Crippen LogP contribution in [0, 0.1) is 4.77 Å². The second-order valence-electron chi connectivity index (χ2n) is 3.50. The highest BCUT2D eigenvalue weighted by Gasteiger charge is 2.21. The fourth-order valence-electron chi connectivity index (χ4n) is 1.43. The first-order chi connectivity index (χ1) is 7.52. The SMILES string of the molecule is CCN(C)C(=O)C(C)n1c(CO)n[nH]c1=S. The largest absolute Gasteiger partial charge is 0.388 e. The van der Waals surface area contributed by atoms with Gasteiger partial charge in [0.05, 0.1) is 0 Å². The molecular weight excluding hydrogens is 228 g/mol. The number of aromatic amines is 1. The normalized spacial score (nSPS) is 12.5. The Kier molecular flexibility index (Phi) is 4.19. The van der Waals surface area contributed by atoms with Crippen LogP contribution in [-0.4, -0.2) is 44.3 Å². The molecule has 1 atom stereocenters. The molecule has 0 fully saturated rings. The topological polar surface area (TPSA) is 74.2 Å². The van der Waals surface area contributed by atoms with Crippen molar-refractivity contribution >= 4 is 18.1 Å². The van der Waals surface area contributed by atoms with E-state index in [-0.39, 0.29) is 12.5 Å². The third kappa shape index (κ3) is 2.30. The number of likely N-dealkylation sites (N-methyl/N-ethyl adjacent to an activating group) is 1. The molecule has 1 aromatic heterocycles. The van der Waals surface area contributed by atoms with Crippen LogP contribution in [0.5, 0.6) is 0 Å². The van der Waals surface area contributed by atoms with Crippen molar-refractivity contribution in [1.29, 1.82) is 0 Å². The summed E-state index contributed by atoms with van der Waals surface area (Å²) in [6.07, 6.45) is 0. The second kappa shape index (κ2) is 5.22. The fourth-order valence-corrected chi connectivity index (χ4v) is 1.74. The van der Waals surface area contributed by atoms with Crippen LogP contribution in [0.25, 0.3) is 0 Å². The summed E-state index contributed by atoms with van der Waals surface area (Å²) >= 11 is 5.02. The molecule has 1 amide bonds. The number of aromatic nitrogens is 3. The predicted octanol–water partition coefficient (Wildman–Crippen LogP) is 0.472. The molecule has 1 unspecified atom stereocenters. The lowest BCUT2D eigenvalue weighted by atomic mass is 10.3. The lowest BCUT2D eigenvalue weighted by Crippen LogP contribution is -2.33. The van der Waals surface area contributed by atoms with Gasteiger partial charge in [-0.05, 0) is 26.1 Å². The number of nitrogens with one attached hydrogen (secondary N) is 1. The Morgan fingerprint density at radius 1 is 1.75 bits per heavy atom. The molecule has 0 saturated heterocycles. The number of carbonyl (C=O) groups is 1. The van der Waals surface area contributed by atoms with E-state index in [0.717, 1.165) is 0 Å². The van der Waals surface area contributed by atoms with Gasteiger partial charge in [0.15, 0.2) is 10.6 Å². The molecular formula is C9H16N4O2S. The van der Waals surface area contributed by atoms with Crippen molar-refractivity contribution < 1.29 is 9.90 Å². The van der Waals surface area contributed by atoms with E-state index < -0.39 is 6.04 Å². The molecule has 0 aromatic carbocycles. The molecule has 0 aliphatic heterocycles. The third-order valence-corrected chi connectivity index (χ3v) is 2.80. The zero-order valence-electron chi connectivity index (χ0n) is 9.60. The molecule has 0 aliphatic rings. The summed E-state index contributed by atoms with van der Waals surface area (Å²) < 4.78 is 1.87. The van der Waals surface area contributed by atoms with Gasteiger partial charge in [0.1, 0.15) is 12.6 Å². The third-order valence-electron chi connectivity index (χ3n) is 2.51. The van der Waals surface area contributed by atoms with Crippen LogP contribution in [0.15, 0.2) is 0 Å². The van der Waals surface area contributed by atoms with Crippen LogP contribution in [0.4, 0.5) is 0 Å². The highest BCUT2D eigenvalue weighted by molar-refractivity contribution is 7.71. The van der Waals surface area contributed by atoms with E-state index in [1.54, 1.807) is 18.9 Å². The smallest absolute Gasteiger partial charge is 0.245 e. The molecule has 7 heteroatoms. The van der Waals surface area contributed by atoms with E-state index >= 15 is 0 Å². The number of nitrogens with zero attached hydrogens (tertiary/aromatic N) is 3. The van der Waals surface area contributed by atoms with Gasteiger partial charge in [0.25, 0.3) is 0 Å². The maximum atomic E-state index is 11.9. The summed E-state index contributed by atoms with van der Waals surface area (Å²) in [4.78, 5) is 13.5. The quantitative estimate of drug-likeness (QED) is 0.755. The predicted molar refractivity (Wildman–Crippen MR) is 61.4 cm³/mol. The first-order valence-corrected chi connectivity index (χ1v) is 5.45. The van der Waals surface area contributed by atoms with Gasteiger partial charge < -0.3 is 10.0 Å². The molecule has 1 rings (SSSR count). The first kappa shape index (κ1) is 12.9. The highest BCUT2D eigenvalue weighted by Crippen LogP contribution is 2.12. The number of hydrogen-bond acceptors (Lipinski definition) is 4. The van der Waals surface area contributed by atoms with E-state index in [1.165, 1.54) is 4.57 Å². The van der Waals surface area contributed by atoms with E-state index in [9.17, 15) is 4.79 Å². The molecule has 1 aromatic rings. The molecule has 1 heterocycles. The Labute approximate surface area is 98.9 Å². The summed E-state index contributed by atoms with van der Waals surface area (Å²) in [6.45, 7) is 4.01. The lowest BCUT2D eigenvalue weighted by Gasteiger charge is -2.21. The van der Waals surface area contributed by atoms with Crippen LogP contribution in [0.1, 0.15) is 25.7 Å². The molecule has 0 bridgehead atoms.